The Kier molecular flexibility index (Phi) is 4.93. The first-order chi connectivity index (χ1) is 10.9. The molecule has 0 N–H and O–H groups in total. The van der Waals surface area contributed by atoms with E-state index in [0.29, 0.717) is 45.7 Å². The normalized spacial score (nSPS) is 33.0. The van der Waals surface area contributed by atoms with E-state index in [0.717, 1.165) is 13.1 Å². The van der Waals surface area contributed by atoms with Gasteiger partial charge in [-0.1, -0.05) is 0 Å². The number of hydrogen-bond acceptors (Lipinski definition) is 6. The first-order valence-electron chi connectivity index (χ1n) is 8.26. The number of piperazine rings is 2. The molecular formula is C14H26N4O4S. The summed E-state index contributed by atoms with van der Waals surface area (Å²) in [5, 5.41) is 0. The molecule has 0 radical (unpaired) electrons. The van der Waals surface area contributed by atoms with E-state index in [1.165, 1.54) is 0 Å². The van der Waals surface area contributed by atoms with Crippen LogP contribution in [0.4, 0.5) is 0 Å². The van der Waals surface area contributed by atoms with Gasteiger partial charge in [-0.3, -0.25) is 9.69 Å². The Morgan fingerprint density at radius 1 is 0.957 bits per heavy atom. The molecule has 8 nitrogen and oxygen atoms in total. The Morgan fingerprint density at radius 3 is 1.96 bits per heavy atom. The smallest absolute Gasteiger partial charge is 0.323 e. The Balaban J connectivity index is 1.57. The third-order valence-corrected chi connectivity index (χ3v) is 7.01. The van der Waals surface area contributed by atoms with E-state index in [1.54, 1.807) is 8.61 Å². The second-order valence-corrected chi connectivity index (χ2v) is 8.57. The van der Waals surface area contributed by atoms with E-state index >= 15 is 0 Å². The molecule has 3 heterocycles. The fourth-order valence-corrected chi connectivity index (χ4v) is 5.04. The molecule has 0 aromatic carbocycles. The Hall–Kier alpha value is -0.740. The van der Waals surface area contributed by atoms with Crippen LogP contribution in [0.5, 0.6) is 0 Å². The topological polar surface area (TPSA) is 73.4 Å². The quantitative estimate of drug-likeness (QED) is 0.598. The third-order valence-electron chi connectivity index (χ3n) is 4.97. The molecule has 23 heavy (non-hydrogen) atoms. The number of carbonyl (C=O) groups is 1. The van der Waals surface area contributed by atoms with Crippen molar-refractivity contribution in [2.75, 3.05) is 59.4 Å². The highest BCUT2D eigenvalue weighted by molar-refractivity contribution is 7.86. The maximum Gasteiger partial charge on any atom is 0.323 e. The van der Waals surface area contributed by atoms with Gasteiger partial charge in [-0.05, 0) is 14.0 Å². The van der Waals surface area contributed by atoms with Gasteiger partial charge in [-0.15, -0.1) is 0 Å². The van der Waals surface area contributed by atoms with Crippen LogP contribution in [0, 0.1) is 0 Å². The van der Waals surface area contributed by atoms with Crippen LogP contribution in [0.2, 0.25) is 0 Å². The van der Waals surface area contributed by atoms with Crippen molar-refractivity contribution < 1.29 is 17.9 Å². The molecule has 9 heteroatoms. The van der Waals surface area contributed by atoms with E-state index < -0.39 is 10.2 Å². The fourth-order valence-electron chi connectivity index (χ4n) is 3.46. The molecule has 3 fully saturated rings. The van der Waals surface area contributed by atoms with Crippen molar-refractivity contribution in [2.45, 2.75) is 25.5 Å². The number of cyclic esters (lactones) is 1. The van der Waals surface area contributed by atoms with Crippen molar-refractivity contribution in [3.05, 3.63) is 0 Å². The van der Waals surface area contributed by atoms with Crippen LogP contribution in [0.25, 0.3) is 0 Å². The zero-order valence-corrected chi connectivity index (χ0v) is 14.7. The highest BCUT2D eigenvalue weighted by atomic mass is 32.2. The van der Waals surface area contributed by atoms with Crippen molar-refractivity contribution in [1.82, 2.24) is 18.4 Å². The molecule has 0 amide bonds. The minimum Gasteiger partial charge on any atom is -0.461 e. The molecule has 2 atom stereocenters. The van der Waals surface area contributed by atoms with Crippen LogP contribution in [0.3, 0.4) is 0 Å². The molecule has 3 aliphatic heterocycles. The third kappa shape index (κ3) is 3.53. The van der Waals surface area contributed by atoms with E-state index in [4.69, 9.17) is 4.74 Å². The van der Waals surface area contributed by atoms with Crippen molar-refractivity contribution in [3.8, 4) is 0 Å². The lowest BCUT2D eigenvalue weighted by Gasteiger charge is -2.39. The Labute approximate surface area is 138 Å². The average molecular weight is 346 g/mol. The van der Waals surface area contributed by atoms with Crippen molar-refractivity contribution in [2.24, 2.45) is 0 Å². The predicted molar refractivity (Wildman–Crippen MR) is 85.1 cm³/mol. The van der Waals surface area contributed by atoms with Gasteiger partial charge in [0.15, 0.2) is 0 Å². The molecule has 0 bridgehead atoms. The summed E-state index contributed by atoms with van der Waals surface area (Å²) >= 11 is 0. The van der Waals surface area contributed by atoms with Gasteiger partial charge in [0.1, 0.15) is 12.1 Å². The summed E-state index contributed by atoms with van der Waals surface area (Å²) in [5.41, 5.74) is 0. The van der Waals surface area contributed by atoms with E-state index in [2.05, 4.69) is 9.80 Å². The minimum atomic E-state index is -3.38. The Morgan fingerprint density at radius 2 is 1.48 bits per heavy atom. The number of rotatable bonds is 3. The van der Waals surface area contributed by atoms with E-state index in [1.807, 2.05) is 14.0 Å². The second-order valence-electron chi connectivity index (χ2n) is 6.64. The summed E-state index contributed by atoms with van der Waals surface area (Å²) in [6.07, 6.45) is 0.656. The molecule has 3 rings (SSSR count). The number of hydrogen-bond donors (Lipinski definition) is 0. The monoisotopic (exact) mass is 346 g/mol. The number of carbonyl (C=O) groups excluding carboxylic acids is 1. The van der Waals surface area contributed by atoms with Crippen LogP contribution in [-0.2, 0) is 19.7 Å². The lowest BCUT2D eigenvalue weighted by Crippen LogP contribution is -2.58. The van der Waals surface area contributed by atoms with Gasteiger partial charge < -0.3 is 9.64 Å². The zero-order chi connectivity index (χ0) is 16.6. The Bertz CT molecular complexity index is 539. The molecule has 0 aliphatic carbocycles. The maximum absolute atomic E-state index is 12.7. The van der Waals surface area contributed by atoms with Crippen LogP contribution in [-0.4, -0.2) is 104 Å². The van der Waals surface area contributed by atoms with Gasteiger partial charge in [0.05, 0.1) is 0 Å². The SMILES string of the molecule is C[C@@H]1C[C@H](N2CCN(S(=O)(=O)N3CCN(C)CC3)CC2)C(=O)O1. The number of likely N-dealkylation sites (N-methyl/N-ethyl adjacent to an activating group) is 1. The van der Waals surface area contributed by atoms with Crippen LogP contribution in [0.15, 0.2) is 0 Å². The molecule has 3 saturated heterocycles. The molecule has 0 unspecified atom stereocenters. The fraction of sp³-hybridized carbons (Fsp3) is 0.929. The van der Waals surface area contributed by atoms with Crippen LogP contribution >= 0.6 is 0 Å². The molecule has 0 aromatic heterocycles. The van der Waals surface area contributed by atoms with Crippen LogP contribution < -0.4 is 0 Å². The van der Waals surface area contributed by atoms with Gasteiger partial charge in [0.2, 0.25) is 0 Å². The molecule has 0 spiro atoms. The van der Waals surface area contributed by atoms with Gasteiger partial charge in [-0.2, -0.15) is 17.0 Å². The van der Waals surface area contributed by atoms with Crippen molar-refractivity contribution >= 4 is 16.2 Å². The number of nitrogens with zero attached hydrogens (tertiary/aromatic N) is 4. The number of esters is 1. The zero-order valence-electron chi connectivity index (χ0n) is 13.8. The second kappa shape index (κ2) is 6.64. The molecule has 132 valence electrons. The lowest BCUT2D eigenvalue weighted by molar-refractivity contribution is -0.145. The number of ether oxygens (including phenoxy) is 1. The van der Waals surface area contributed by atoms with E-state index in [-0.39, 0.29) is 18.1 Å². The van der Waals surface area contributed by atoms with Gasteiger partial charge in [0.25, 0.3) is 10.2 Å². The highest BCUT2D eigenvalue weighted by Gasteiger charge is 2.40. The van der Waals surface area contributed by atoms with Crippen molar-refractivity contribution in [1.29, 1.82) is 0 Å². The minimum absolute atomic E-state index is 0.0420. The summed E-state index contributed by atoms with van der Waals surface area (Å²) in [6.45, 7) is 6.57. The first-order valence-corrected chi connectivity index (χ1v) is 9.66. The molecular weight excluding hydrogens is 320 g/mol. The first kappa shape index (κ1) is 17.1. The summed E-state index contributed by atoms with van der Waals surface area (Å²) in [7, 11) is -1.38. The van der Waals surface area contributed by atoms with Crippen LogP contribution in [0.1, 0.15) is 13.3 Å². The summed E-state index contributed by atoms with van der Waals surface area (Å²) in [5.74, 6) is -0.173. The molecule has 0 saturated carbocycles. The van der Waals surface area contributed by atoms with Crippen molar-refractivity contribution in [3.63, 3.8) is 0 Å². The summed E-state index contributed by atoms with van der Waals surface area (Å²) < 4.78 is 33.8. The summed E-state index contributed by atoms with van der Waals surface area (Å²) in [6, 6.07) is -0.210. The standard InChI is InChI=1S/C14H26N4O4S/c1-12-11-13(14(19)22-12)16-5-9-18(10-6-16)23(20,21)17-7-3-15(2)4-8-17/h12-13H,3-11H2,1-2H3/t12-,13+/m1/s1. The molecule has 3 aliphatic rings. The maximum atomic E-state index is 12.7. The van der Waals surface area contributed by atoms with Gasteiger partial charge in [0, 0.05) is 58.8 Å². The van der Waals surface area contributed by atoms with Gasteiger partial charge >= 0.3 is 5.97 Å². The van der Waals surface area contributed by atoms with E-state index in [9.17, 15) is 13.2 Å². The average Bonchev–Trinajstić information content (AvgIpc) is 2.86. The predicted octanol–water partition coefficient (Wildman–Crippen LogP) is -1.20. The summed E-state index contributed by atoms with van der Waals surface area (Å²) in [4.78, 5) is 16.0. The highest BCUT2D eigenvalue weighted by Crippen LogP contribution is 2.22. The lowest BCUT2D eigenvalue weighted by atomic mass is 10.1. The van der Waals surface area contributed by atoms with Gasteiger partial charge in [-0.25, -0.2) is 0 Å². The molecule has 0 aromatic rings. The largest absolute Gasteiger partial charge is 0.461 e.